The summed E-state index contributed by atoms with van der Waals surface area (Å²) < 4.78 is 8.76. The highest BCUT2D eigenvalue weighted by atomic mass is 79.9. The lowest BCUT2D eigenvalue weighted by Gasteiger charge is -2.10. The minimum atomic E-state index is 0.947. The van der Waals surface area contributed by atoms with Crippen molar-refractivity contribution in [1.82, 2.24) is 9.47 Å². The minimum Gasteiger partial charge on any atom is -0.496 e. The van der Waals surface area contributed by atoms with E-state index in [2.05, 4.69) is 52.7 Å². The number of likely N-dealkylation sites (N-methyl/N-ethyl adjacent to an activating group) is 1. The van der Waals surface area contributed by atoms with Crippen molar-refractivity contribution in [1.29, 1.82) is 0 Å². The fourth-order valence-corrected chi connectivity index (χ4v) is 2.88. The van der Waals surface area contributed by atoms with E-state index in [0.29, 0.717) is 0 Å². The first-order chi connectivity index (χ1) is 8.54. The maximum Gasteiger partial charge on any atom is 0.128 e. The molecule has 0 bridgehead atoms. The second-order valence-corrected chi connectivity index (χ2v) is 5.65. The molecule has 0 N–H and O–H groups in total. The first kappa shape index (κ1) is 13.4. The van der Waals surface area contributed by atoms with Gasteiger partial charge in [-0.1, -0.05) is 0 Å². The number of hydrogen-bond donors (Lipinski definition) is 0. The minimum absolute atomic E-state index is 0.947. The average molecular weight is 311 g/mol. The molecular formula is C14H19BrN2O. The Labute approximate surface area is 116 Å². The molecule has 0 aliphatic heterocycles. The van der Waals surface area contributed by atoms with E-state index in [0.717, 1.165) is 23.2 Å². The van der Waals surface area contributed by atoms with Crippen LogP contribution in [0.5, 0.6) is 5.75 Å². The SMILES string of the molecule is COc1ccc(Br)c2c1c(CCN(C)C)cn2C. The maximum atomic E-state index is 5.50. The van der Waals surface area contributed by atoms with Crippen LogP contribution in [0.3, 0.4) is 0 Å². The summed E-state index contributed by atoms with van der Waals surface area (Å²) in [5.41, 5.74) is 2.53. The van der Waals surface area contributed by atoms with Gasteiger partial charge in [0.2, 0.25) is 0 Å². The third-order valence-electron chi connectivity index (χ3n) is 3.16. The van der Waals surface area contributed by atoms with Crippen molar-refractivity contribution >= 4 is 26.8 Å². The summed E-state index contributed by atoms with van der Waals surface area (Å²) in [6.45, 7) is 1.04. The summed E-state index contributed by atoms with van der Waals surface area (Å²) in [7, 11) is 7.99. The molecule has 98 valence electrons. The molecule has 2 aromatic rings. The van der Waals surface area contributed by atoms with E-state index < -0.39 is 0 Å². The second-order valence-electron chi connectivity index (χ2n) is 4.79. The third-order valence-corrected chi connectivity index (χ3v) is 3.80. The van der Waals surface area contributed by atoms with Gasteiger partial charge < -0.3 is 14.2 Å². The molecule has 0 unspecified atom stereocenters. The predicted octanol–water partition coefficient (Wildman–Crippen LogP) is 3.05. The zero-order chi connectivity index (χ0) is 13.3. The molecule has 0 aliphatic rings. The van der Waals surface area contributed by atoms with Gasteiger partial charge in [0.15, 0.2) is 0 Å². The summed E-state index contributed by atoms with van der Waals surface area (Å²) >= 11 is 3.62. The van der Waals surface area contributed by atoms with Crippen LogP contribution in [0.2, 0.25) is 0 Å². The highest BCUT2D eigenvalue weighted by molar-refractivity contribution is 9.10. The second kappa shape index (κ2) is 5.33. The van der Waals surface area contributed by atoms with Crippen LogP contribution in [-0.4, -0.2) is 37.2 Å². The highest BCUT2D eigenvalue weighted by Gasteiger charge is 2.14. The first-order valence-electron chi connectivity index (χ1n) is 5.99. The van der Waals surface area contributed by atoms with Crippen LogP contribution in [0.25, 0.3) is 10.9 Å². The van der Waals surface area contributed by atoms with Gasteiger partial charge in [-0.15, -0.1) is 0 Å². The van der Waals surface area contributed by atoms with Crippen molar-refractivity contribution in [3.63, 3.8) is 0 Å². The lowest BCUT2D eigenvalue weighted by Crippen LogP contribution is -2.14. The quantitative estimate of drug-likeness (QED) is 0.863. The molecule has 0 saturated carbocycles. The Morgan fingerprint density at radius 2 is 2.06 bits per heavy atom. The van der Waals surface area contributed by atoms with Gasteiger partial charge in [-0.2, -0.15) is 0 Å². The summed E-state index contributed by atoms with van der Waals surface area (Å²) in [4.78, 5) is 2.20. The molecule has 0 amide bonds. The molecule has 1 aromatic heterocycles. The number of fused-ring (bicyclic) bond motifs is 1. The number of aryl methyl sites for hydroxylation is 1. The van der Waals surface area contributed by atoms with E-state index in [4.69, 9.17) is 4.74 Å². The molecule has 4 heteroatoms. The number of ether oxygens (including phenoxy) is 1. The van der Waals surface area contributed by atoms with Gasteiger partial charge in [0, 0.05) is 29.6 Å². The Bertz CT molecular complexity index is 560. The Morgan fingerprint density at radius 3 is 2.67 bits per heavy atom. The van der Waals surface area contributed by atoms with Gasteiger partial charge in [-0.05, 0) is 54.1 Å². The van der Waals surface area contributed by atoms with Crippen molar-refractivity contribution in [2.45, 2.75) is 6.42 Å². The molecule has 1 aromatic carbocycles. The van der Waals surface area contributed by atoms with Gasteiger partial charge in [0.1, 0.15) is 5.75 Å². The molecule has 0 spiro atoms. The number of nitrogens with zero attached hydrogens (tertiary/aromatic N) is 2. The molecule has 3 nitrogen and oxygen atoms in total. The number of hydrogen-bond acceptors (Lipinski definition) is 2. The summed E-state index contributed by atoms with van der Waals surface area (Å²) in [5.74, 6) is 0.947. The lowest BCUT2D eigenvalue weighted by molar-refractivity contribution is 0.411. The maximum absolute atomic E-state index is 5.50. The van der Waals surface area contributed by atoms with E-state index in [9.17, 15) is 0 Å². The van der Waals surface area contributed by atoms with Crippen LogP contribution >= 0.6 is 15.9 Å². The van der Waals surface area contributed by atoms with Crippen molar-refractivity contribution in [2.24, 2.45) is 7.05 Å². The van der Waals surface area contributed by atoms with E-state index >= 15 is 0 Å². The zero-order valence-electron chi connectivity index (χ0n) is 11.3. The van der Waals surface area contributed by atoms with E-state index in [1.165, 1.54) is 16.5 Å². The number of aromatic nitrogens is 1. The Hall–Kier alpha value is -1.00. The highest BCUT2D eigenvalue weighted by Crippen LogP contribution is 2.35. The molecule has 18 heavy (non-hydrogen) atoms. The van der Waals surface area contributed by atoms with Crippen molar-refractivity contribution < 1.29 is 4.74 Å². The Kier molecular flexibility index (Phi) is 3.97. The van der Waals surface area contributed by atoms with E-state index in [1.54, 1.807) is 7.11 Å². The molecule has 0 aliphatic carbocycles. The Balaban J connectivity index is 2.56. The van der Waals surface area contributed by atoms with Crippen LogP contribution in [-0.2, 0) is 13.5 Å². The molecule has 0 radical (unpaired) electrons. The average Bonchev–Trinajstić information content (AvgIpc) is 2.66. The number of methoxy groups -OCH3 is 1. The standard InChI is InChI=1S/C14H19BrN2O/c1-16(2)8-7-10-9-17(3)14-11(15)5-6-12(18-4)13(10)14/h5-6,9H,7-8H2,1-4H3. The number of halogens is 1. The molecule has 0 atom stereocenters. The van der Waals surface area contributed by atoms with Gasteiger partial charge in [-0.3, -0.25) is 0 Å². The monoisotopic (exact) mass is 310 g/mol. The molecular weight excluding hydrogens is 292 g/mol. The number of benzene rings is 1. The summed E-state index contributed by atoms with van der Waals surface area (Å²) in [5, 5.41) is 1.22. The molecule has 0 fully saturated rings. The van der Waals surface area contributed by atoms with Crippen LogP contribution < -0.4 is 4.74 Å². The first-order valence-corrected chi connectivity index (χ1v) is 6.79. The number of rotatable bonds is 4. The third kappa shape index (κ3) is 2.40. The topological polar surface area (TPSA) is 17.4 Å². The zero-order valence-corrected chi connectivity index (χ0v) is 12.9. The van der Waals surface area contributed by atoms with Gasteiger partial charge >= 0.3 is 0 Å². The van der Waals surface area contributed by atoms with Crippen LogP contribution in [0.1, 0.15) is 5.56 Å². The smallest absolute Gasteiger partial charge is 0.128 e. The Morgan fingerprint density at radius 1 is 1.33 bits per heavy atom. The summed E-state index contributed by atoms with van der Waals surface area (Å²) in [6, 6.07) is 4.06. The van der Waals surface area contributed by atoms with Gasteiger partial charge in [0.25, 0.3) is 0 Å². The fraction of sp³-hybridized carbons (Fsp3) is 0.429. The normalized spacial score (nSPS) is 11.4. The van der Waals surface area contributed by atoms with Crippen molar-refractivity contribution in [3.8, 4) is 5.75 Å². The van der Waals surface area contributed by atoms with E-state index in [-0.39, 0.29) is 0 Å². The molecule has 1 heterocycles. The largest absolute Gasteiger partial charge is 0.496 e. The van der Waals surface area contributed by atoms with Crippen molar-refractivity contribution in [2.75, 3.05) is 27.7 Å². The van der Waals surface area contributed by atoms with Gasteiger partial charge in [-0.25, -0.2) is 0 Å². The van der Waals surface area contributed by atoms with Crippen LogP contribution in [0.15, 0.2) is 22.8 Å². The van der Waals surface area contributed by atoms with Crippen LogP contribution in [0, 0.1) is 0 Å². The lowest BCUT2D eigenvalue weighted by atomic mass is 10.1. The fourth-order valence-electron chi connectivity index (χ4n) is 2.27. The summed E-state index contributed by atoms with van der Waals surface area (Å²) in [6.07, 6.45) is 3.22. The van der Waals surface area contributed by atoms with Gasteiger partial charge in [0.05, 0.1) is 12.6 Å². The van der Waals surface area contributed by atoms with Crippen LogP contribution in [0.4, 0.5) is 0 Å². The molecule has 0 saturated heterocycles. The predicted molar refractivity (Wildman–Crippen MR) is 79.4 cm³/mol. The van der Waals surface area contributed by atoms with Crippen molar-refractivity contribution in [3.05, 3.63) is 28.4 Å². The molecule has 2 rings (SSSR count). The van der Waals surface area contributed by atoms with E-state index in [1.807, 2.05) is 12.1 Å².